The highest BCUT2D eigenvalue weighted by atomic mass is 35.5. The quantitative estimate of drug-likeness (QED) is 0.907. The Morgan fingerprint density at radius 3 is 2.90 bits per heavy atom. The van der Waals surface area contributed by atoms with Gasteiger partial charge in [-0.05, 0) is 43.9 Å². The molecular formula is C14H21ClN2O2S. The molecule has 2 rings (SSSR count). The van der Waals surface area contributed by atoms with Crippen molar-refractivity contribution >= 4 is 27.3 Å². The zero-order valence-electron chi connectivity index (χ0n) is 11.9. The van der Waals surface area contributed by atoms with Crippen molar-refractivity contribution in [3.63, 3.8) is 0 Å². The molecule has 20 heavy (non-hydrogen) atoms. The molecule has 1 aromatic carbocycles. The first-order valence-electron chi connectivity index (χ1n) is 6.89. The molecule has 112 valence electrons. The van der Waals surface area contributed by atoms with Crippen LogP contribution in [-0.2, 0) is 10.0 Å². The molecule has 4 nitrogen and oxygen atoms in total. The van der Waals surface area contributed by atoms with Crippen molar-refractivity contribution in [2.24, 2.45) is 5.92 Å². The lowest BCUT2D eigenvalue weighted by Crippen LogP contribution is -2.32. The SMILES string of the molecule is CCS(=O)(=O)NC[C@@H]1CCN(c2cc(Cl)ccc2C)C1. The summed E-state index contributed by atoms with van der Waals surface area (Å²) < 4.78 is 25.6. The predicted octanol–water partition coefficient (Wildman–Crippen LogP) is 2.41. The number of sulfonamides is 1. The molecule has 1 saturated heterocycles. The van der Waals surface area contributed by atoms with Gasteiger partial charge < -0.3 is 4.90 Å². The molecule has 1 atom stereocenters. The third-order valence-electron chi connectivity index (χ3n) is 3.77. The third kappa shape index (κ3) is 3.87. The summed E-state index contributed by atoms with van der Waals surface area (Å²) in [7, 11) is -3.09. The lowest BCUT2D eigenvalue weighted by Gasteiger charge is -2.21. The maximum atomic E-state index is 11.5. The number of hydrogen-bond acceptors (Lipinski definition) is 3. The van der Waals surface area contributed by atoms with Crippen LogP contribution < -0.4 is 9.62 Å². The van der Waals surface area contributed by atoms with Crippen LogP contribution in [-0.4, -0.2) is 33.8 Å². The van der Waals surface area contributed by atoms with E-state index in [0.717, 1.165) is 30.2 Å². The molecule has 1 aliphatic heterocycles. The minimum absolute atomic E-state index is 0.136. The molecule has 1 aliphatic rings. The Labute approximate surface area is 126 Å². The Kier molecular flexibility index (Phi) is 4.94. The number of nitrogens with zero attached hydrogens (tertiary/aromatic N) is 1. The normalized spacial score (nSPS) is 19.6. The van der Waals surface area contributed by atoms with E-state index in [4.69, 9.17) is 11.6 Å². The molecule has 0 saturated carbocycles. The van der Waals surface area contributed by atoms with Gasteiger partial charge in [0.25, 0.3) is 0 Å². The number of rotatable bonds is 5. The zero-order chi connectivity index (χ0) is 14.8. The fourth-order valence-corrected chi connectivity index (χ4v) is 3.35. The summed E-state index contributed by atoms with van der Waals surface area (Å²) in [5.41, 5.74) is 2.35. The monoisotopic (exact) mass is 316 g/mol. The van der Waals surface area contributed by atoms with E-state index in [0.29, 0.717) is 12.5 Å². The van der Waals surface area contributed by atoms with Crippen molar-refractivity contribution in [1.29, 1.82) is 0 Å². The second-order valence-electron chi connectivity index (χ2n) is 5.28. The van der Waals surface area contributed by atoms with Crippen LogP contribution in [0.1, 0.15) is 18.9 Å². The summed E-state index contributed by atoms with van der Waals surface area (Å²) in [5.74, 6) is 0.492. The Hall–Kier alpha value is -0.780. The summed E-state index contributed by atoms with van der Waals surface area (Å²) in [6.07, 6.45) is 0.998. The smallest absolute Gasteiger partial charge is 0.211 e. The highest BCUT2D eigenvalue weighted by Crippen LogP contribution is 2.29. The van der Waals surface area contributed by atoms with Crippen molar-refractivity contribution in [2.45, 2.75) is 20.3 Å². The molecule has 1 fully saturated rings. The molecule has 6 heteroatoms. The van der Waals surface area contributed by atoms with Crippen molar-refractivity contribution in [3.8, 4) is 0 Å². The number of nitrogens with one attached hydrogen (secondary N) is 1. The van der Waals surface area contributed by atoms with Gasteiger partial charge in [-0.2, -0.15) is 0 Å². The molecule has 1 aromatic rings. The van der Waals surface area contributed by atoms with Crippen molar-refractivity contribution in [1.82, 2.24) is 4.72 Å². The van der Waals surface area contributed by atoms with E-state index in [1.54, 1.807) is 6.92 Å². The molecule has 0 spiro atoms. The van der Waals surface area contributed by atoms with Crippen LogP contribution in [0.25, 0.3) is 0 Å². The highest BCUT2D eigenvalue weighted by Gasteiger charge is 2.24. The number of anilines is 1. The summed E-state index contributed by atoms with van der Waals surface area (Å²) in [6, 6.07) is 5.89. The average Bonchev–Trinajstić information content (AvgIpc) is 2.88. The molecule has 0 radical (unpaired) electrons. The lowest BCUT2D eigenvalue weighted by atomic mass is 10.1. The maximum absolute atomic E-state index is 11.5. The first kappa shape index (κ1) is 15.6. The van der Waals surface area contributed by atoms with Crippen LogP contribution in [0.3, 0.4) is 0 Å². The topological polar surface area (TPSA) is 49.4 Å². The van der Waals surface area contributed by atoms with Gasteiger partial charge in [0.05, 0.1) is 5.75 Å². The number of hydrogen-bond donors (Lipinski definition) is 1. The standard InChI is InChI=1S/C14H21ClN2O2S/c1-3-20(18,19)16-9-12-6-7-17(10-12)14-8-13(15)5-4-11(14)2/h4-5,8,12,16H,3,6-7,9-10H2,1-2H3/t12-/m0/s1. The molecule has 1 N–H and O–H groups in total. The molecule has 0 bridgehead atoms. The number of benzene rings is 1. The van der Waals surface area contributed by atoms with Gasteiger partial charge in [0, 0.05) is 30.3 Å². The van der Waals surface area contributed by atoms with Gasteiger partial charge >= 0.3 is 0 Å². The first-order chi connectivity index (χ1) is 9.41. The van der Waals surface area contributed by atoms with Gasteiger partial charge in [-0.1, -0.05) is 17.7 Å². The second-order valence-corrected chi connectivity index (χ2v) is 7.82. The van der Waals surface area contributed by atoms with E-state index in [9.17, 15) is 8.42 Å². The summed E-state index contributed by atoms with van der Waals surface area (Å²) in [5, 5.41) is 0.737. The number of halogens is 1. The summed E-state index contributed by atoms with van der Waals surface area (Å²) >= 11 is 6.05. The van der Waals surface area contributed by atoms with E-state index in [-0.39, 0.29) is 5.75 Å². The Balaban J connectivity index is 1.97. The first-order valence-corrected chi connectivity index (χ1v) is 8.92. The van der Waals surface area contributed by atoms with E-state index >= 15 is 0 Å². The van der Waals surface area contributed by atoms with Crippen LogP contribution in [0.2, 0.25) is 5.02 Å². The molecule has 0 aromatic heterocycles. The van der Waals surface area contributed by atoms with E-state index in [2.05, 4.69) is 16.5 Å². The lowest BCUT2D eigenvalue weighted by molar-refractivity contribution is 0.542. The minimum Gasteiger partial charge on any atom is -0.371 e. The van der Waals surface area contributed by atoms with Crippen molar-refractivity contribution in [3.05, 3.63) is 28.8 Å². The molecular weight excluding hydrogens is 296 g/mol. The Morgan fingerprint density at radius 1 is 1.45 bits per heavy atom. The second kappa shape index (κ2) is 6.33. The third-order valence-corrected chi connectivity index (χ3v) is 5.37. The van der Waals surface area contributed by atoms with E-state index < -0.39 is 10.0 Å². The molecule has 1 heterocycles. The zero-order valence-corrected chi connectivity index (χ0v) is 13.5. The van der Waals surface area contributed by atoms with Gasteiger partial charge in [-0.25, -0.2) is 13.1 Å². The van der Waals surface area contributed by atoms with Crippen LogP contribution in [0.4, 0.5) is 5.69 Å². The van der Waals surface area contributed by atoms with Gasteiger partial charge in [-0.15, -0.1) is 0 Å². The number of aryl methyl sites for hydroxylation is 1. The van der Waals surface area contributed by atoms with Crippen LogP contribution in [0, 0.1) is 12.8 Å². The molecule has 0 amide bonds. The predicted molar refractivity (Wildman–Crippen MR) is 84.0 cm³/mol. The van der Waals surface area contributed by atoms with Gasteiger partial charge in [-0.3, -0.25) is 0 Å². The Bertz CT molecular complexity index is 575. The largest absolute Gasteiger partial charge is 0.371 e. The van der Waals surface area contributed by atoms with E-state index in [1.807, 2.05) is 18.2 Å². The van der Waals surface area contributed by atoms with Crippen molar-refractivity contribution < 1.29 is 8.42 Å². The average molecular weight is 317 g/mol. The van der Waals surface area contributed by atoms with Gasteiger partial charge in [0.1, 0.15) is 0 Å². The molecule has 0 unspecified atom stereocenters. The summed E-state index contributed by atoms with van der Waals surface area (Å²) in [6.45, 7) is 6.05. The summed E-state index contributed by atoms with van der Waals surface area (Å²) in [4.78, 5) is 2.28. The Morgan fingerprint density at radius 2 is 2.20 bits per heavy atom. The van der Waals surface area contributed by atoms with Crippen LogP contribution in [0.5, 0.6) is 0 Å². The van der Waals surface area contributed by atoms with E-state index in [1.165, 1.54) is 5.56 Å². The maximum Gasteiger partial charge on any atom is 0.211 e. The molecule has 0 aliphatic carbocycles. The fraction of sp³-hybridized carbons (Fsp3) is 0.571. The van der Waals surface area contributed by atoms with Crippen LogP contribution >= 0.6 is 11.6 Å². The highest BCUT2D eigenvalue weighted by molar-refractivity contribution is 7.89. The van der Waals surface area contributed by atoms with Crippen LogP contribution in [0.15, 0.2) is 18.2 Å². The van der Waals surface area contributed by atoms with Crippen molar-refractivity contribution in [2.75, 3.05) is 30.3 Å². The van der Waals surface area contributed by atoms with Gasteiger partial charge in [0.15, 0.2) is 0 Å². The minimum atomic E-state index is -3.09. The fourth-order valence-electron chi connectivity index (χ4n) is 2.49. The van der Waals surface area contributed by atoms with Gasteiger partial charge in [0.2, 0.25) is 10.0 Å².